The number of carbonyl (C=O) groups excluding carboxylic acids is 1. The first-order chi connectivity index (χ1) is 11.3. The maximum absolute atomic E-state index is 13.2. The minimum absolute atomic E-state index is 0.448. The summed E-state index contributed by atoms with van der Waals surface area (Å²) in [6.07, 6.45) is -4.81. The molecule has 1 aliphatic heterocycles. The average Bonchev–Trinajstić information content (AvgIpc) is 2.96. The van der Waals surface area contributed by atoms with Gasteiger partial charge in [0.1, 0.15) is 11.4 Å². The van der Waals surface area contributed by atoms with Crippen LogP contribution < -0.4 is 9.75 Å². The van der Waals surface area contributed by atoms with E-state index >= 15 is 0 Å². The molecule has 2 atom stereocenters. The Morgan fingerprint density at radius 3 is 2.38 bits per heavy atom. The average molecular weight is 361 g/mol. The number of aryl methyl sites for hydroxylation is 1. The van der Waals surface area contributed by atoms with Gasteiger partial charge in [0.15, 0.2) is 0 Å². The van der Waals surface area contributed by atoms with Crippen LogP contribution in [0.2, 0.25) is 0 Å². The normalized spacial score (nSPS) is 20.9. The lowest BCUT2D eigenvalue weighted by Crippen LogP contribution is -2.62. The number of rotatable bonds is 3. The zero-order valence-corrected chi connectivity index (χ0v) is 13.3. The van der Waals surface area contributed by atoms with Crippen molar-refractivity contribution in [2.24, 2.45) is 0 Å². The molecule has 1 fully saturated rings. The molecule has 6 nitrogen and oxygen atoms in total. The number of β-lactam (4-membered cyclic amide) rings is 1. The van der Waals surface area contributed by atoms with Gasteiger partial charge in [-0.1, -0.05) is 34.9 Å². The SMILES string of the molecule is COc1nnc(C(F)(F)F)n1N1C(=O)C(Cl)C1c1ccc(C)cc1. The van der Waals surface area contributed by atoms with Gasteiger partial charge >= 0.3 is 12.2 Å². The highest BCUT2D eigenvalue weighted by Gasteiger charge is 2.53. The molecular weight excluding hydrogens is 349 g/mol. The molecule has 1 amide bonds. The number of ether oxygens (including phenoxy) is 1. The van der Waals surface area contributed by atoms with E-state index in [2.05, 4.69) is 10.2 Å². The van der Waals surface area contributed by atoms with E-state index in [1.807, 2.05) is 6.92 Å². The Kier molecular flexibility index (Phi) is 3.90. The fourth-order valence-corrected chi connectivity index (χ4v) is 2.85. The zero-order chi connectivity index (χ0) is 17.6. The first-order valence-corrected chi connectivity index (χ1v) is 7.30. The summed E-state index contributed by atoms with van der Waals surface area (Å²) in [4.78, 5) is 12.2. The van der Waals surface area contributed by atoms with Crippen molar-refractivity contribution in [2.45, 2.75) is 24.5 Å². The molecule has 2 aromatic rings. The van der Waals surface area contributed by atoms with Gasteiger partial charge < -0.3 is 4.74 Å². The first-order valence-electron chi connectivity index (χ1n) is 6.86. The van der Waals surface area contributed by atoms with Crippen LogP contribution in [0.4, 0.5) is 13.2 Å². The van der Waals surface area contributed by atoms with Crippen LogP contribution in [0.5, 0.6) is 6.01 Å². The van der Waals surface area contributed by atoms with Gasteiger partial charge in [0.25, 0.3) is 11.7 Å². The van der Waals surface area contributed by atoms with Crippen molar-refractivity contribution in [3.05, 3.63) is 41.2 Å². The molecule has 0 bridgehead atoms. The van der Waals surface area contributed by atoms with Gasteiger partial charge in [-0.25, -0.2) is 5.01 Å². The molecule has 2 unspecified atom stereocenters. The molecule has 1 aliphatic rings. The number of methoxy groups -OCH3 is 1. The lowest BCUT2D eigenvalue weighted by Gasteiger charge is -2.44. The molecule has 0 N–H and O–H groups in total. The number of amides is 1. The second-order valence-corrected chi connectivity index (χ2v) is 5.73. The van der Waals surface area contributed by atoms with E-state index in [0.717, 1.165) is 17.7 Å². The maximum Gasteiger partial charge on any atom is 0.453 e. The van der Waals surface area contributed by atoms with E-state index in [-0.39, 0.29) is 0 Å². The summed E-state index contributed by atoms with van der Waals surface area (Å²) >= 11 is 6.05. The molecule has 1 saturated heterocycles. The Morgan fingerprint density at radius 1 is 1.21 bits per heavy atom. The molecule has 0 saturated carbocycles. The number of aromatic nitrogens is 3. The first kappa shape index (κ1) is 16.6. The van der Waals surface area contributed by atoms with Crippen LogP contribution in [0.15, 0.2) is 24.3 Å². The highest BCUT2D eigenvalue weighted by molar-refractivity contribution is 6.36. The summed E-state index contributed by atoms with van der Waals surface area (Å²) in [5, 5.41) is 6.31. The highest BCUT2D eigenvalue weighted by Crippen LogP contribution is 2.41. The van der Waals surface area contributed by atoms with Crippen LogP contribution in [0.1, 0.15) is 23.0 Å². The van der Waals surface area contributed by atoms with Gasteiger partial charge in [0, 0.05) is 0 Å². The van der Waals surface area contributed by atoms with Crippen LogP contribution in [-0.2, 0) is 11.0 Å². The van der Waals surface area contributed by atoms with Crippen molar-refractivity contribution in [2.75, 3.05) is 12.1 Å². The van der Waals surface area contributed by atoms with E-state index in [0.29, 0.717) is 10.2 Å². The smallest absolute Gasteiger partial charge is 0.453 e. The standard InChI is InChI=1S/C14H12ClF3N4O2/c1-7-3-5-8(6-4-7)10-9(15)11(23)21(10)22-12(14(16,17)18)19-20-13(22)24-2/h3-6,9-10H,1-2H3. The molecule has 0 radical (unpaired) electrons. The summed E-state index contributed by atoms with van der Waals surface area (Å²) in [5.74, 6) is -2.04. The van der Waals surface area contributed by atoms with Gasteiger partial charge in [-0.15, -0.1) is 16.7 Å². The maximum atomic E-state index is 13.2. The van der Waals surface area contributed by atoms with Crippen molar-refractivity contribution >= 4 is 17.5 Å². The third kappa shape index (κ3) is 2.48. The Bertz CT molecular complexity index is 775. The monoisotopic (exact) mass is 360 g/mol. The summed E-state index contributed by atoms with van der Waals surface area (Å²) in [5.41, 5.74) is 1.57. The number of hydrogen-bond acceptors (Lipinski definition) is 4. The molecule has 1 aromatic heterocycles. The third-order valence-electron chi connectivity index (χ3n) is 3.68. The fourth-order valence-electron chi connectivity index (χ4n) is 2.50. The van der Waals surface area contributed by atoms with E-state index in [1.54, 1.807) is 24.3 Å². The summed E-state index contributed by atoms with van der Waals surface area (Å²) < 4.78 is 44.9. The van der Waals surface area contributed by atoms with Gasteiger partial charge in [-0.3, -0.25) is 4.79 Å². The van der Waals surface area contributed by atoms with Crippen LogP contribution >= 0.6 is 11.6 Å². The van der Waals surface area contributed by atoms with Crippen LogP contribution in [0, 0.1) is 6.92 Å². The number of benzene rings is 1. The van der Waals surface area contributed by atoms with Crippen LogP contribution in [0.25, 0.3) is 0 Å². The zero-order valence-electron chi connectivity index (χ0n) is 12.6. The lowest BCUT2D eigenvalue weighted by atomic mass is 9.94. The molecule has 24 heavy (non-hydrogen) atoms. The van der Waals surface area contributed by atoms with Crippen LogP contribution in [-0.4, -0.2) is 33.3 Å². The molecule has 0 aliphatic carbocycles. The van der Waals surface area contributed by atoms with Crippen molar-refractivity contribution in [3.63, 3.8) is 0 Å². The van der Waals surface area contributed by atoms with Gasteiger partial charge in [0.05, 0.1) is 7.11 Å². The molecular formula is C14H12ClF3N4O2. The largest absolute Gasteiger partial charge is 0.466 e. The van der Waals surface area contributed by atoms with Gasteiger partial charge in [-0.05, 0) is 12.5 Å². The lowest BCUT2D eigenvalue weighted by molar-refractivity contribution is -0.149. The molecule has 0 spiro atoms. The molecule has 3 rings (SSSR count). The Balaban J connectivity index is 2.09. The predicted octanol–water partition coefficient (Wildman–Crippen LogP) is 2.44. The van der Waals surface area contributed by atoms with Crippen LogP contribution in [0.3, 0.4) is 0 Å². The minimum Gasteiger partial charge on any atom is -0.466 e. The molecule has 2 heterocycles. The van der Waals surface area contributed by atoms with Crippen molar-refractivity contribution in [1.82, 2.24) is 14.9 Å². The summed E-state index contributed by atoms with van der Waals surface area (Å²) in [6.45, 7) is 1.87. The third-order valence-corrected chi connectivity index (χ3v) is 4.11. The predicted molar refractivity (Wildman–Crippen MR) is 78.4 cm³/mol. The summed E-state index contributed by atoms with van der Waals surface area (Å²) in [7, 11) is 1.14. The van der Waals surface area contributed by atoms with E-state index in [9.17, 15) is 18.0 Å². The van der Waals surface area contributed by atoms with E-state index in [1.165, 1.54) is 0 Å². The fraction of sp³-hybridized carbons (Fsp3) is 0.357. The number of carbonyl (C=O) groups is 1. The highest BCUT2D eigenvalue weighted by atomic mass is 35.5. The topological polar surface area (TPSA) is 60.3 Å². The van der Waals surface area contributed by atoms with Crippen molar-refractivity contribution in [1.29, 1.82) is 0 Å². The van der Waals surface area contributed by atoms with Crippen molar-refractivity contribution < 1.29 is 22.7 Å². The minimum atomic E-state index is -4.81. The Hall–Kier alpha value is -2.29. The second kappa shape index (κ2) is 5.66. The van der Waals surface area contributed by atoms with Gasteiger partial charge in [0.2, 0.25) is 0 Å². The molecule has 128 valence electrons. The second-order valence-electron chi connectivity index (χ2n) is 5.26. The molecule has 1 aromatic carbocycles. The Labute approximate surface area is 139 Å². The number of nitrogens with zero attached hydrogens (tertiary/aromatic N) is 4. The number of halogens is 4. The quantitative estimate of drug-likeness (QED) is 0.623. The number of hydrogen-bond donors (Lipinski definition) is 0. The van der Waals surface area contributed by atoms with Gasteiger partial charge in [-0.2, -0.15) is 17.8 Å². The summed E-state index contributed by atoms with van der Waals surface area (Å²) in [6, 6.07) is 5.75. The van der Waals surface area contributed by atoms with E-state index in [4.69, 9.17) is 16.3 Å². The number of alkyl halides is 4. The van der Waals surface area contributed by atoms with E-state index < -0.39 is 35.3 Å². The Morgan fingerprint density at radius 2 is 1.83 bits per heavy atom. The molecule has 10 heteroatoms. The van der Waals surface area contributed by atoms with Crippen molar-refractivity contribution in [3.8, 4) is 6.01 Å².